The number of aromatic nitrogens is 1. The summed E-state index contributed by atoms with van der Waals surface area (Å²) in [4.78, 5) is 7.67. The molecule has 2 aromatic rings. The van der Waals surface area contributed by atoms with Crippen molar-refractivity contribution >= 4 is 22.2 Å². The van der Waals surface area contributed by atoms with Gasteiger partial charge in [-0.05, 0) is 19.1 Å². The summed E-state index contributed by atoms with van der Waals surface area (Å²) < 4.78 is 0. The van der Waals surface area contributed by atoms with Gasteiger partial charge in [0.1, 0.15) is 0 Å². The molecule has 0 unspecified atom stereocenters. The molecule has 14 heavy (non-hydrogen) atoms. The van der Waals surface area contributed by atoms with Crippen LogP contribution < -0.4 is 4.90 Å². The van der Waals surface area contributed by atoms with Crippen molar-refractivity contribution in [1.29, 1.82) is 0 Å². The maximum absolute atomic E-state index is 4.34. The fourth-order valence-corrected chi connectivity index (χ4v) is 2.00. The number of para-hydroxylation sites is 1. The van der Waals surface area contributed by atoms with Crippen LogP contribution in [0.1, 0.15) is 4.88 Å². The lowest BCUT2D eigenvalue weighted by atomic mass is 10.3. The molecule has 2 nitrogen and oxygen atoms in total. The van der Waals surface area contributed by atoms with Crippen LogP contribution in [0.4, 0.5) is 10.8 Å². The number of aryl methyl sites for hydroxylation is 1. The second kappa shape index (κ2) is 3.80. The van der Waals surface area contributed by atoms with E-state index in [2.05, 4.69) is 28.9 Å². The highest BCUT2D eigenvalue weighted by Crippen LogP contribution is 2.26. The highest BCUT2D eigenvalue weighted by atomic mass is 32.1. The van der Waals surface area contributed by atoms with E-state index in [0.717, 1.165) is 5.13 Å². The van der Waals surface area contributed by atoms with Gasteiger partial charge in [0.2, 0.25) is 0 Å². The Morgan fingerprint density at radius 2 is 1.93 bits per heavy atom. The highest BCUT2D eigenvalue weighted by Gasteiger charge is 2.06. The molecule has 0 aliphatic carbocycles. The molecule has 0 N–H and O–H groups in total. The van der Waals surface area contributed by atoms with Gasteiger partial charge in [-0.15, -0.1) is 11.3 Å². The first kappa shape index (κ1) is 9.21. The molecule has 0 atom stereocenters. The third-order valence-electron chi connectivity index (χ3n) is 2.04. The zero-order chi connectivity index (χ0) is 9.97. The number of benzene rings is 1. The minimum absolute atomic E-state index is 1.04. The largest absolute Gasteiger partial charge is 0.321 e. The smallest absolute Gasteiger partial charge is 0.189 e. The summed E-state index contributed by atoms with van der Waals surface area (Å²) in [5.41, 5.74) is 1.17. The number of anilines is 2. The molecule has 0 saturated heterocycles. The topological polar surface area (TPSA) is 16.1 Å². The van der Waals surface area contributed by atoms with E-state index in [0.29, 0.717) is 0 Å². The molecule has 0 saturated carbocycles. The van der Waals surface area contributed by atoms with Gasteiger partial charge in [0.25, 0.3) is 0 Å². The molecule has 1 aromatic carbocycles. The Kier molecular flexibility index (Phi) is 2.50. The summed E-state index contributed by atoms with van der Waals surface area (Å²) in [6.45, 7) is 2.07. The van der Waals surface area contributed by atoms with Gasteiger partial charge in [-0.1, -0.05) is 18.2 Å². The first-order chi connectivity index (χ1) is 6.77. The zero-order valence-electron chi connectivity index (χ0n) is 8.27. The highest BCUT2D eigenvalue weighted by molar-refractivity contribution is 7.15. The third kappa shape index (κ3) is 1.77. The van der Waals surface area contributed by atoms with Crippen molar-refractivity contribution in [3.8, 4) is 0 Å². The van der Waals surface area contributed by atoms with Gasteiger partial charge >= 0.3 is 0 Å². The predicted octanol–water partition coefficient (Wildman–Crippen LogP) is 3.22. The number of nitrogens with zero attached hydrogens (tertiary/aromatic N) is 2. The van der Waals surface area contributed by atoms with Crippen LogP contribution in [0.15, 0.2) is 36.5 Å². The van der Waals surface area contributed by atoms with Crippen molar-refractivity contribution in [2.24, 2.45) is 0 Å². The van der Waals surface area contributed by atoms with Crippen LogP contribution in [0.2, 0.25) is 0 Å². The Morgan fingerprint density at radius 3 is 2.50 bits per heavy atom. The Hall–Kier alpha value is -1.35. The van der Waals surface area contributed by atoms with E-state index >= 15 is 0 Å². The van der Waals surface area contributed by atoms with Crippen molar-refractivity contribution in [2.45, 2.75) is 6.92 Å². The Balaban J connectivity index is 2.29. The molecular formula is C11H12N2S. The Labute approximate surface area is 87.8 Å². The molecule has 0 amide bonds. The van der Waals surface area contributed by atoms with Crippen LogP contribution in [0, 0.1) is 6.92 Å². The summed E-state index contributed by atoms with van der Waals surface area (Å²) in [6, 6.07) is 10.2. The maximum Gasteiger partial charge on any atom is 0.189 e. The fraction of sp³-hybridized carbons (Fsp3) is 0.182. The summed E-state index contributed by atoms with van der Waals surface area (Å²) in [5.74, 6) is 0. The Morgan fingerprint density at radius 1 is 1.21 bits per heavy atom. The van der Waals surface area contributed by atoms with Gasteiger partial charge < -0.3 is 4.90 Å². The SMILES string of the molecule is Cc1cnc(N(C)c2ccccc2)s1. The molecule has 72 valence electrons. The molecule has 0 fully saturated rings. The lowest BCUT2D eigenvalue weighted by molar-refractivity contribution is 1.17. The molecule has 1 heterocycles. The third-order valence-corrected chi connectivity index (χ3v) is 3.03. The number of rotatable bonds is 2. The van der Waals surface area contributed by atoms with E-state index in [-0.39, 0.29) is 0 Å². The van der Waals surface area contributed by atoms with Crippen LogP contribution in [0.3, 0.4) is 0 Å². The van der Waals surface area contributed by atoms with Crippen molar-refractivity contribution in [1.82, 2.24) is 4.98 Å². The molecule has 0 aliphatic heterocycles. The molecule has 0 bridgehead atoms. The average molecular weight is 204 g/mol. The van der Waals surface area contributed by atoms with Crippen LogP contribution in [-0.4, -0.2) is 12.0 Å². The Bertz CT molecular complexity index is 408. The quantitative estimate of drug-likeness (QED) is 0.746. The minimum Gasteiger partial charge on any atom is -0.321 e. The fourth-order valence-electron chi connectivity index (χ4n) is 1.26. The van der Waals surface area contributed by atoms with Crippen LogP contribution in [0.25, 0.3) is 0 Å². The van der Waals surface area contributed by atoms with E-state index < -0.39 is 0 Å². The van der Waals surface area contributed by atoms with Crippen molar-refractivity contribution in [3.05, 3.63) is 41.4 Å². The standard InChI is InChI=1S/C11H12N2S/c1-9-8-12-11(14-9)13(2)10-6-4-3-5-7-10/h3-8H,1-2H3. The average Bonchev–Trinajstić information content (AvgIpc) is 2.65. The van der Waals surface area contributed by atoms with Crippen LogP contribution in [-0.2, 0) is 0 Å². The zero-order valence-corrected chi connectivity index (χ0v) is 9.08. The lowest BCUT2D eigenvalue weighted by Gasteiger charge is -2.15. The molecule has 0 spiro atoms. The van der Waals surface area contributed by atoms with E-state index in [4.69, 9.17) is 0 Å². The normalized spacial score (nSPS) is 10.1. The number of thiazole rings is 1. The van der Waals surface area contributed by atoms with Gasteiger partial charge in [-0.25, -0.2) is 4.98 Å². The predicted molar refractivity (Wildman–Crippen MR) is 61.4 cm³/mol. The van der Waals surface area contributed by atoms with Crippen molar-refractivity contribution < 1.29 is 0 Å². The molecule has 1 aromatic heterocycles. The lowest BCUT2D eigenvalue weighted by Crippen LogP contribution is -2.08. The first-order valence-electron chi connectivity index (χ1n) is 4.48. The summed E-state index contributed by atoms with van der Waals surface area (Å²) in [5, 5.41) is 1.04. The van der Waals surface area contributed by atoms with E-state index in [1.807, 2.05) is 31.4 Å². The van der Waals surface area contributed by atoms with Crippen molar-refractivity contribution in [3.63, 3.8) is 0 Å². The number of hydrogen-bond acceptors (Lipinski definition) is 3. The van der Waals surface area contributed by atoms with E-state index in [1.54, 1.807) is 11.3 Å². The monoisotopic (exact) mass is 204 g/mol. The molecule has 2 rings (SSSR count). The van der Waals surface area contributed by atoms with Crippen LogP contribution in [0.5, 0.6) is 0 Å². The number of hydrogen-bond donors (Lipinski definition) is 0. The van der Waals surface area contributed by atoms with Crippen molar-refractivity contribution in [2.75, 3.05) is 11.9 Å². The summed E-state index contributed by atoms with van der Waals surface area (Å²) in [6.07, 6.45) is 1.90. The van der Waals surface area contributed by atoms with E-state index in [1.165, 1.54) is 10.6 Å². The summed E-state index contributed by atoms with van der Waals surface area (Å²) in [7, 11) is 2.04. The molecule has 0 radical (unpaired) electrons. The molecule has 3 heteroatoms. The van der Waals surface area contributed by atoms with Gasteiger partial charge in [-0.3, -0.25) is 0 Å². The molecule has 0 aliphatic rings. The first-order valence-corrected chi connectivity index (χ1v) is 5.30. The minimum atomic E-state index is 1.04. The van der Waals surface area contributed by atoms with Gasteiger partial charge in [0, 0.05) is 23.8 Å². The maximum atomic E-state index is 4.34. The summed E-state index contributed by atoms with van der Waals surface area (Å²) >= 11 is 1.71. The second-order valence-electron chi connectivity index (χ2n) is 3.15. The molecular weight excluding hydrogens is 192 g/mol. The van der Waals surface area contributed by atoms with Gasteiger partial charge in [0.05, 0.1) is 0 Å². The second-order valence-corrected chi connectivity index (χ2v) is 4.36. The van der Waals surface area contributed by atoms with E-state index in [9.17, 15) is 0 Å². The van der Waals surface area contributed by atoms with Crippen LogP contribution >= 0.6 is 11.3 Å². The van der Waals surface area contributed by atoms with Gasteiger partial charge in [0.15, 0.2) is 5.13 Å². The van der Waals surface area contributed by atoms with Gasteiger partial charge in [-0.2, -0.15) is 0 Å².